The van der Waals surface area contributed by atoms with E-state index in [0.717, 1.165) is 5.56 Å². The first kappa shape index (κ1) is 11.2. The summed E-state index contributed by atoms with van der Waals surface area (Å²) in [6.07, 6.45) is 0. The maximum atomic E-state index is 11.2. The van der Waals surface area contributed by atoms with Gasteiger partial charge in [-0.15, -0.1) is 0 Å². The van der Waals surface area contributed by atoms with Crippen LogP contribution in [0.15, 0.2) is 18.2 Å². The molecule has 4 nitrogen and oxygen atoms in total. The largest absolute Gasteiger partial charge is 0.465 e. The predicted molar refractivity (Wildman–Crippen MR) is 56.8 cm³/mol. The maximum absolute atomic E-state index is 11.2. The smallest absolute Gasteiger partial charge is 0.337 e. The highest BCUT2D eigenvalue weighted by molar-refractivity contribution is 5.94. The summed E-state index contributed by atoms with van der Waals surface area (Å²) in [4.78, 5) is 22.1. The fourth-order valence-electron chi connectivity index (χ4n) is 1.19. The third-order valence-corrected chi connectivity index (χ3v) is 1.97. The molecule has 0 aliphatic heterocycles. The van der Waals surface area contributed by atoms with Crippen LogP contribution in [0, 0.1) is 6.92 Å². The number of nitrogens with one attached hydrogen (secondary N) is 1. The van der Waals surface area contributed by atoms with Crippen molar-refractivity contribution in [3.8, 4) is 0 Å². The van der Waals surface area contributed by atoms with Crippen LogP contribution in [-0.4, -0.2) is 19.0 Å². The zero-order valence-corrected chi connectivity index (χ0v) is 8.96. The molecule has 0 heterocycles. The third-order valence-electron chi connectivity index (χ3n) is 1.97. The minimum absolute atomic E-state index is 0.167. The van der Waals surface area contributed by atoms with Gasteiger partial charge in [0.15, 0.2) is 0 Å². The van der Waals surface area contributed by atoms with Gasteiger partial charge >= 0.3 is 5.97 Å². The standard InChI is InChI=1S/C11H13NO3/c1-7-4-5-9(11(14)15-3)6-10(7)12-8(2)13/h4-6H,1-3H3,(H,12,13). The Morgan fingerprint density at radius 2 is 2.00 bits per heavy atom. The number of esters is 1. The molecule has 1 amide bonds. The molecule has 1 N–H and O–H groups in total. The zero-order valence-electron chi connectivity index (χ0n) is 8.96. The van der Waals surface area contributed by atoms with Gasteiger partial charge in [-0.3, -0.25) is 4.79 Å². The van der Waals surface area contributed by atoms with Gasteiger partial charge in [0.1, 0.15) is 0 Å². The van der Waals surface area contributed by atoms with E-state index in [4.69, 9.17) is 0 Å². The van der Waals surface area contributed by atoms with Crippen molar-refractivity contribution in [2.75, 3.05) is 12.4 Å². The van der Waals surface area contributed by atoms with Crippen molar-refractivity contribution in [2.24, 2.45) is 0 Å². The summed E-state index contributed by atoms with van der Waals surface area (Å²) in [6.45, 7) is 3.27. The van der Waals surface area contributed by atoms with Crippen LogP contribution >= 0.6 is 0 Å². The second-order valence-electron chi connectivity index (χ2n) is 3.20. The van der Waals surface area contributed by atoms with Crippen LogP contribution in [0.1, 0.15) is 22.8 Å². The molecule has 0 fully saturated rings. The molecule has 1 rings (SSSR count). The lowest BCUT2D eigenvalue weighted by molar-refractivity contribution is -0.114. The van der Waals surface area contributed by atoms with E-state index in [-0.39, 0.29) is 5.91 Å². The summed E-state index contributed by atoms with van der Waals surface area (Å²) < 4.78 is 4.58. The number of ether oxygens (including phenoxy) is 1. The number of hydrogen-bond donors (Lipinski definition) is 1. The number of rotatable bonds is 2. The van der Waals surface area contributed by atoms with Gasteiger partial charge in [-0.1, -0.05) is 6.07 Å². The Bertz CT molecular complexity index is 399. The SMILES string of the molecule is COC(=O)c1ccc(C)c(NC(C)=O)c1. The molecule has 0 radical (unpaired) electrons. The lowest BCUT2D eigenvalue weighted by Crippen LogP contribution is -2.09. The highest BCUT2D eigenvalue weighted by Gasteiger charge is 2.08. The molecule has 80 valence electrons. The predicted octanol–water partition coefficient (Wildman–Crippen LogP) is 1.74. The second kappa shape index (κ2) is 4.59. The molecule has 4 heteroatoms. The van der Waals surface area contributed by atoms with Crippen LogP contribution in [0.3, 0.4) is 0 Å². The molecule has 0 aromatic heterocycles. The van der Waals surface area contributed by atoms with Crippen LogP contribution in [0.25, 0.3) is 0 Å². The summed E-state index contributed by atoms with van der Waals surface area (Å²) in [6, 6.07) is 5.02. The van der Waals surface area contributed by atoms with Crippen LogP contribution in [0.5, 0.6) is 0 Å². The van der Waals surface area contributed by atoms with Gasteiger partial charge < -0.3 is 10.1 Å². The Balaban J connectivity index is 3.05. The van der Waals surface area contributed by atoms with Gasteiger partial charge in [0.25, 0.3) is 0 Å². The summed E-state index contributed by atoms with van der Waals surface area (Å²) in [5, 5.41) is 2.65. The maximum Gasteiger partial charge on any atom is 0.337 e. The fourth-order valence-corrected chi connectivity index (χ4v) is 1.19. The van der Waals surface area contributed by atoms with Gasteiger partial charge in [-0.2, -0.15) is 0 Å². The first-order valence-corrected chi connectivity index (χ1v) is 4.51. The molecule has 1 aromatic carbocycles. The van der Waals surface area contributed by atoms with Crippen LogP contribution in [-0.2, 0) is 9.53 Å². The number of hydrogen-bond acceptors (Lipinski definition) is 3. The van der Waals surface area contributed by atoms with Crippen molar-refractivity contribution in [1.29, 1.82) is 0 Å². The molecule has 0 saturated heterocycles. The average molecular weight is 207 g/mol. The van der Waals surface area contributed by atoms with Crippen molar-refractivity contribution < 1.29 is 14.3 Å². The molecule has 0 aliphatic carbocycles. The molecule has 0 bridgehead atoms. The van der Waals surface area contributed by atoms with Crippen molar-refractivity contribution in [2.45, 2.75) is 13.8 Å². The summed E-state index contributed by atoms with van der Waals surface area (Å²) in [7, 11) is 1.32. The molecule has 0 saturated carbocycles. The number of benzene rings is 1. The molecule has 0 unspecified atom stereocenters. The number of methoxy groups -OCH3 is 1. The summed E-state index contributed by atoms with van der Waals surface area (Å²) >= 11 is 0. The number of anilines is 1. The van der Waals surface area contributed by atoms with E-state index in [9.17, 15) is 9.59 Å². The molecule has 0 atom stereocenters. The molecule has 0 spiro atoms. The Morgan fingerprint density at radius 1 is 1.33 bits per heavy atom. The Labute approximate surface area is 88.2 Å². The number of carbonyl (C=O) groups excluding carboxylic acids is 2. The quantitative estimate of drug-likeness (QED) is 0.751. The van der Waals surface area contributed by atoms with Crippen LogP contribution < -0.4 is 5.32 Å². The lowest BCUT2D eigenvalue weighted by Gasteiger charge is -2.07. The van der Waals surface area contributed by atoms with Crippen LogP contribution in [0.2, 0.25) is 0 Å². The highest BCUT2D eigenvalue weighted by atomic mass is 16.5. The van der Waals surface area contributed by atoms with E-state index in [1.54, 1.807) is 18.2 Å². The average Bonchev–Trinajstić information content (AvgIpc) is 2.19. The number of aryl methyl sites for hydroxylation is 1. The third kappa shape index (κ3) is 2.80. The van der Waals surface area contributed by atoms with Gasteiger partial charge in [-0.25, -0.2) is 4.79 Å². The van der Waals surface area contributed by atoms with Crippen molar-refractivity contribution >= 4 is 17.6 Å². The van der Waals surface area contributed by atoms with E-state index in [1.807, 2.05) is 6.92 Å². The summed E-state index contributed by atoms with van der Waals surface area (Å²) in [5.74, 6) is -0.582. The van der Waals surface area contributed by atoms with Gasteiger partial charge in [0.2, 0.25) is 5.91 Å². The highest BCUT2D eigenvalue weighted by Crippen LogP contribution is 2.17. The molecular weight excluding hydrogens is 194 g/mol. The van der Waals surface area contributed by atoms with Crippen molar-refractivity contribution in [1.82, 2.24) is 0 Å². The first-order valence-electron chi connectivity index (χ1n) is 4.51. The van der Waals surface area contributed by atoms with E-state index < -0.39 is 5.97 Å². The summed E-state index contributed by atoms with van der Waals surface area (Å²) in [5.41, 5.74) is 1.95. The molecule has 15 heavy (non-hydrogen) atoms. The first-order chi connectivity index (χ1) is 7.04. The Hall–Kier alpha value is -1.84. The lowest BCUT2D eigenvalue weighted by atomic mass is 10.1. The van der Waals surface area contributed by atoms with Crippen LogP contribution in [0.4, 0.5) is 5.69 Å². The van der Waals surface area contributed by atoms with Gasteiger partial charge in [-0.05, 0) is 24.6 Å². The topological polar surface area (TPSA) is 55.4 Å². The Kier molecular flexibility index (Phi) is 3.44. The monoisotopic (exact) mass is 207 g/mol. The van der Waals surface area contributed by atoms with Gasteiger partial charge in [0, 0.05) is 12.6 Å². The van der Waals surface area contributed by atoms with E-state index in [2.05, 4.69) is 10.1 Å². The van der Waals surface area contributed by atoms with Crippen molar-refractivity contribution in [3.05, 3.63) is 29.3 Å². The minimum Gasteiger partial charge on any atom is -0.465 e. The fraction of sp³-hybridized carbons (Fsp3) is 0.273. The molecule has 0 aliphatic rings. The van der Waals surface area contributed by atoms with E-state index in [1.165, 1.54) is 14.0 Å². The van der Waals surface area contributed by atoms with Gasteiger partial charge in [0.05, 0.1) is 12.7 Å². The van der Waals surface area contributed by atoms with E-state index >= 15 is 0 Å². The number of amides is 1. The van der Waals surface area contributed by atoms with E-state index in [0.29, 0.717) is 11.3 Å². The molecular formula is C11H13NO3. The zero-order chi connectivity index (χ0) is 11.4. The number of carbonyl (C=O) groups is 2. The Morgan fingerprint density at radius 3 is 2.53 bits per heavy atom. The minimum atomic E-state index is -0.415. The van der Waals surface area contributed by atoms with Crippen molar-refractivity contribution in [3.63, 3.8) is 0 Å². The second-order valence-corrected chi connectivity index (χ2v) is 3.20. The normalized spacial score (nSPS) is 9.53. The molecule has 1 aromatic rings.